The molecule has 1 saturated heterocycles. The first-order chi connectivity index (χ1) is 19.4. The minimum Gasteiger partial charge on any atom is -0.480 e. The number of nitrogens with zero attached hydrogens (tertiary/aromatic N) is 2. The first-order valence-corrected chi connectivity index (χ1v) is 13.2. The number of carbonyl (C=O) groups excluding carboxylic acids is 6. The lowest BCUT2D eigenvalue weighted by Crippen LogP contribution is -2.60. The fourth-order valence-electron chi connectivity index (χ4n) is 4.12. The molecular formula is C23H34N8O9S. The van der Waals surface area contributed by atoms with E-state index in [9.17, 15) is 43.8 Å². The van der Waals surface area contributed by atoms with E-state index in [4.69, 9.17) is 5.73 Å². The molecule has 1 fully saturated rings. The molecule has 1 aliphatic rings. The number of imidazole rings is 1. The number of nitrogens with two attached hydrogens (primary N) is 1. The van der Waals surface area contributed by atoms with Crippen molar-refractivity contribution in [3.63, 3.8) is 0 Å². The van der Waals surface area contributed by atoms with E-state index >= 15 is 0 Å². The van der Waals surface area contributed by atoms with E-state index in [2.05, 4.69) is 43.9 Å². The lowest BCUT2D eigenvalue weighted by Gasteiger charge is -2.27. The van der Waals surface area contributed by atoms with Gasteiger partial charge < -0.3 is 47.1 Å². The fourth-order valence-corrected chi connectivity index (χ4v) is 4.37. The minimum atomic E-state index is -1.65. The van der Waals surface area contributed by atoms with Crippen molar-refractivity contribution < 1.29 is 43.8 Å². The highest BCUT2D eigenvalue weighted by atomic mass is 32.1. The number of aliphatic hydroxyl groups excluding tert-OH is 1. The van der Waals surface area contributed by atoms with Gasteiger partial charge in [0.05, 0.1) is 19.4 Å². The van der Waals surface area contributed by atoms with E-state index in [-0.39, 0.29) is 18.1 Å². The Hall–Kier alpha value is -4.19. The second kappa shape index (κ2) is 15.6. The molecule has 226 valence electrons. The number of amides is 6. The van der Waals surface area contributed by atoms with Crippen LogP contribution in [-0.2, 0) is 40.0 Å². The Morgan fingerprint density at radius 1 is 1.05 bits per heavy atom. The predicted octanol–water partition coefficient (Wildman–Crippen LogP) is -4.22. The molecule has 1 aliphatic heterocycles. The van der Waals surface area contributed by atoms with E-state index < -0.39 is 78.7 Å². The van der Waals surface area contributed by atoms with Gasteiger partial charge >= 0.3 is 5.97 Å². The monoisotopic (exact) mass is 598 g/mol. The molecule has 1 aromatic rings. The molecule has 2 heterocycles. The van der Waals surface area contributed by atoms with Gasteiger partial charge in [-0.15, -0.1) is 0 Å². The number of rotatable bonds is 15. The lowest BCUT2D eigenvalue weighted by atomic mass is 10.1. The normalized spacial score (nSPS) is 17.4. The van der Waals surface area contributed by atoms with Gasteiger partial charge in [-0.05, 0) is 12.8 Å². The van der Waals surface area contributed by atoms with Crippen LogP contribution >= 0.6 is 12.6 Å². The lowest BCUT2D eigenvalue weighted by molar-refractivity contribution is -0.143. The Balaban J connectivity index is 2.11. The van der Waals surface area contributed by atoms with Crippen molar-refractivity contribution >= 4 is 54.0 Å². The van der Waals surface area contributed by atoms with Crippen LogP contribution in [0.1, 0.15) is 31.9 Å². The third-order valence-electron chi connectivity index (χ3n) is 6.22. The Labute approximate surface area is 239 Å². The van der Waals surface area contributed by atoms with E-state index in [1.165, 1.54) is 24.3 Å². The number of thiol groups is 1. The zero-order valence-corrected chi connectivity index (χ0v) is 23.1. The fraction of sp³-hybridized carbons (Fsp3) is 0.565. The van der Waals surface area contributed by atoms with Crippen LogP contribution in [0, 0.1) is 0 Å². The summed E-state index contributed by atoms with van der Waals surface area (Å²) < 4.78 is 0. The van der Waals surface area contributed by atoms with Gasteiger partial charge in [-0.1, -0.05) is 0 Å². The zero-order chi connectivity index (χ0) is 30.7. The van der Waals surface area contributed by atoms with Crippen molar-refractivity contribution in [2.24, 2.45) is 5.73 Å². The van der Waals surface area contributed by atoms with Crippen LogP contribution in [0.15, 0.2) is 12.5 Å². The third-order valence-corrected chi connectivity index (χ3v) is 6.59. The van der Waals surface area contributed by atoms with E-state index in [0.717, 1.165) is 0 Å². The van der Waals surface area contributed by atoms with Crippen molar-refractivity contribution in [2.75, 3.05) is 18.9 Å². The van der Waals surface area contributed by atoms with Gasteiger partial charge in [0.15, 0.2) is 0 Å². The van der Waals surface area contributed by atoms with Gasteiger partial charge in [0.25, 0.3) is 0 Å². The molecule has 18 heteroatoms. The molecule has 0 spiro atoms. The topological polar surface area (TPSA) is 266 Å². The van der Waals surface area contributed by atoms with Crippen LogP contribution in [-0.4, -0.2) is 116 Å². The number of carboxylic acid groups (broad SMARTS) is 1. The molecule has 0 aromatic carbocycles. The van der Waals surface area contributed by atoms with E-state index in [1.54, 1.807) is 0 Å². The van der Waals surface area contributed by atoms with Crippen LogP contribution in [0.4, 0.5) is 0 Å². The maximum absolute atomic E-state index is 13.2. The van der Waals surface area contributed by atoms with Crippen molar-refractivity contribution in [3.8, 4) is 0 Å². The Kier molecular flexibility index (Phi) is 12.5. The number of primary amides is 1. The van der Waals surface area contributed by atoms with Gasteiger partial charge in [-0.2, -0.15) is 12.6 Å². The van der Waals surface area contributed by atoms with Crippen molar-refractivity contribution in [1.29, 1.82) is 0 Å². The second-order valence-electron chi connectivity index (χ2n) is 9.27. The molecule has 0 saturated carbocycles. The highest BCUT2D eigenvalue weighted by Gasteiger charge is 2.36. The van der Waals surface area contributed by atoms with E-state index in [1.807, 2.05) is 0 Å². The van der Waals surface area contributed by atoms with Crippen LogP contribution < -0.4 is 27.0 Å². The molecule has 0 aliphatic carbocycles. The van der Waals surface area contributed by atoms with Gasteiger partial charge in [-0.3, -0.25) is 28.8 Å². The average molecular weight is 599 g/mol. The maximum atomic E-state index is 13.2. The highest BCUT2D eigenvalue weighted by Crippen LogP contribution is 2.17. The number of carbonyl (C=O) groups is 7. The number of aromatic nitrogens is 2. The summed E-state index contributed by atoms with van der Waals surface area (Å²) in [5.74, 6) is -6.54. The summed E-state index contributed by atoms with van der Waals surface area (Å²) in [6.45, 7) is 0.833. The van der Waals surface area contributed by atoms with E-state index in [0.29, 0.717) is 25.1 Å². The first kappa shape index (κ1) is 33.0. The Bertz CT molecular complexity index is 1130. The Morgan fingerprint density at radius 3 is 2.20 bits per heavy atom. The molecule has 2 rings (SSSR count). The average Bonchev–Trinajstić information content (AvgIpc) is 3.61. The standard InChI is InChI=1S/C23H34N8O9S/c1-11(33)31-4-2-3-17(31)22(38)27-13(5-12-7-25-10-26-12)19(35)29-15(8-32)20(36)30-16(9-41)21(37)28-14(23(39)40)6-18(24)34/h7,10,13-17,32,41H,2-6,8-9H2,1H3,(H2,24,34)(H,25,26)(H,27,38)(H,28,37)(H,29,35)(H,30,36)(H,39,40)/t13-,14-,15-,16-,17-/m0/s1. The summed E-state index contributed by atoms with van der Waals surface area (Å²) in [6, 6.07) is -6.67. The quantitative estimate of drug-likeness (QED) is 0.0878. The number of hydrogen-bond acceptors (Lipinski definition) is 10. The minimum absolute atomic E-state index is 0.0672. The molecule has 17 nitrogen and oxygen atoms in total. The van der Waals surface area contributed by atoms with Crippen LogP contribution in [0.2, 0.25) is 0 Å². The molecule has 41 heavy (non-hydrogen) atoms. The number of likely N-dealkylation sites (tertiary alicyclic amines) is 1. The number of hydrogen-bond donors (Lipinski definition) is 9. The first-order valence-electron chi connectivity index (χ1n) is 12.6. The summed E-state index contributed by atoms with van der Waals surface area (Å²) in [5, 5.41) is 28.2. The molecule has 1 aromatic heterocycles. The number of nitrogens with one attached hydrogen (secondary N) is 5. The van der Waals surface area contributed by atoms with Crippen LogP contribution in [0.25, 0.3) is 0 Å². The van der Waals surface area contributed by atoms with Crippen LogP contribution in [0.5, 0.6) is 0 Å². The van der Waals surface area contributed by atoms with Crippen molar-refractivity contribution in [3.05, 3.63) is 18.2 Å². The smallest absolute Gasteiger partial charge is 0.326 e. The SMILES string of the molecule is CC(=O)N1CCC[C@H]1C(=O)N[C@@H](Cc1cnc[nH]1)C(=O)N[C@@H](CO)C(=O)N[C@@H](CS)C(=O)N[C@@H](CC(N)=O)C(=O)O. The third kappa shape index (κ3) is 9.75. The number of aliphatic carboxylic acids is 1. The number of aliphatic hydroxyl groups is 1. The zero-order valence-electron chi connectivity index (χ0n) is 22.2. The number of H-pyrrole nitrogens is 1. The van der Waals surface area contributed by atoms with Gasteiger partial charge in [0, 0.05) is 37.5 Å². The largest absolute Gasteiger partial charge is 0.480 e. The molecule has 0 bridgehead atoms. The molecule has 0 unspecified atom stereocenters. The van der Waals surface area contributed by atoms with Crippen molar-refractivity contribution in [2.45, 2.75) is 62.8 Å². The summed E-state index contributed by atoms with van der Waals surface area (Å²) >= 11 is 3.98. The summed E-state index contributed by atoms with van der Waals surface area (Å²) in [7, 11) is 0. The molecule has 5 atom stereocenters. The molecular weight excluding hydrogens is 564 g/mol. The van der Waals surface area contributed by atoms with Gasteiger partial charge in [0.1, 0.15) is 30.2 Å². The van der Waals surface area contributed by atoms with Crippen molar-refractivity contribution in [1.82, 2.24) is 36.1 Å². The van der Waals surface area contributed by atoms with Gasteiger partial charge in [0.2, 0.25) is 35.4 Å². The summed E-state index contributed by atoms with van der Waals surface area (Å²) in [5.41, 5.74) is 5.47. The van der Waals surface area contributed by atoms with Crippen LogP contribution in [0.3, 0.4) is 0 Å². The number of carboxylic acids is 1. The molecule has 6 amide bonds. The highest BCUT2D eigenvalue weighted by molar-refractivity contribution is 7.80. The molecule has 9 N–H and O–H groups in total. The maximum Gasteiger partial charge on any atom is 0.326 e. The Morgan fingerprint density at radius 2 is 1.66 bits per heavy atom. The second-order valence-corrected chi connectivity index (χ2v) is 9.64. The predicted molar refractivity (Wildman–Crippen MR) is 143 cm³/mol. The van der Waals surface area contributed by atoms with Gasteiger partial charge in [-0.25, -0.2) is 9.78 Å². The summed E-state index contributed by atoms with van der Waals surface area (Å²) in [6.07, 6.45) is 3.04. The summed E-state index contributed by atoms with van der Waals surface area (Å²) in [4.78, 5) is 93.9. The number of aromatic amines is 1. The molecule has 0 radical (unpaired) electrons.